The lowest BCUT2D eigenvalue weighted by atomic mass is 9.74. The summed E-state index contributed by atoms with van der Waals surface area (Å²) in [5.74, 6) is -0.767. The van der Waals surface area contributed by atoms with E-state index in [0.29, 0.717) is 35.1 Å². The van der Waals surface area contributed by atoms with Crippen LogP contribution in [0.4, 0.5) is 4.39 Å². The van der Waals surface area contributed by atoms with Crippen LogP contribution in [0.2, 0.25) is 0 Å². The van der Waals surface area contributed by atoms with Gasteiger partial charge in [0, 0.05) is 31.2 Å². The Labute approximate surface area is 222 Å². The van der Waals surface area contributed by atoms with Crippen molar-refractivity contribution in [1.29, 1.82) is 0 Å². The maximum atomic E-state index is 14.2. The maximum absolute atomic E-state index is 14.2. The third-order valence-corrected chi connectivity index (χ3v) is 8.62. The van der Waals surface area contributed by atoms with Gasteiger partial charge in [-0.05, 0) is 30.5 Å². The predicted octanol–water partition coefficient (Wildman–Crippen LogP) is 0.591. The molecule has 1 aromatic carbocycles. The Morgan fingerprint density at radius 1 is 1.11 bits per heavy atom. The van der Waals surface area contributed by atoms with Gasteiger partial charge in [0.1, 0.15) is 18.1 Å². The Morgan fingerprint density at radius 3 is 2.44 bits per heavy atom. The quantitative estimate of drug-likeness (QED) is 0.317. The number of fused-ring (bicyclic) bond motifs is 3. The van der Waals surface area contributed by atoms with Crippen molar-refractivity contribution < 1.29 is 40.2 Å². The number of ether oxygens (including phenoxy) is 1. The molecule has 0 radical (unpaired) electrons. The van der Waals surface area contributed by atoms with Crippen molar-refractivity contribution in [2.24, 2.45) is 11.7 Å². The number of aromatic nitrogens is 2. The van der Waals surface area contributed by atoms with Crippen LogP contribution in [0.25, 0.3) is 0 Å². The summed E-state index contributed by atoms with van der Waals surface area (Å²) in [5, 5.41) is 0. The molecule has 36 heavy (non-hydrogen) atoms. The lowest BCUT2D eigenvalue weighted by molar-refractivity contribution is -0.965. The van der Waals surface area contributed by atoms with E-state index in [1.54, 1.807) is 24.7 Å². The number of hydrogen-bond donors (Lipinski definition) is 1. The SMILES string of the molecule is NC(=O)C(c1cnccn1)[N+]12CCC(CC1)[C@@H](OC(=O)C1(c3cccc(F)c3)CCCCCC1)C2.[Br-]. The summed E-state index contributed by atoms with van der Waals surface area (Å²) in [6.07, 6.45) is 11.4. The van der Waals surface area contributed by atoms with Crippen LogP contribution in [0.3, 0.4) is 0 Å². The Morgan fingerprint density at radius 2 is 1.83 bits per heavy atom. The first-order chi connectivity index (χ1) is 16.9. The van der Waals surface area contributed by atoms with Crippen molar-refractivity contribution in [1.82, 2.24) is 9.97 Å². The van der Waals surface area contributed by atoms with Crippen LogP contribution >= 0.6 is 0 Å². The zero-order valence-electron chi connectivity index (χ0n) is 20.5. The minimum absolute atomic E-state index is 0. The van der Waals surface area contributed by atoms with E-state index in [0.717, 1.165) is 51.6 Å². The lowest BCUT2D eigenvalue weighted by Gasteiger charge is -2.54. The predicted molar refractivity (Wildman–Crippen MR) is 127 cm³/mol. The highest BCUT2D eigenvalue weighted by Crippen LogP contribution is 2.45. The number of primary amides is 1. The van der Waals surface area contributed by atoms with Crippen molar-refractivity contribution in [2.75, 3.05) is 19.6 Å². The number of nitrogens with two attached hydrogens (primary N) is 1. The molecule has 4 aliphatic rings. The average Bonchev–Trinajstić information content (AvgIpc) is 3.12. The first-order valence-corrected chi connectivity index (χ1v) is 12.8. The molecule has 2 N–H and O–H groups in total. The maximum Gasteiger partial charge on any atom is 0.317 e. The number of quaternary nitrogens is 1. The number of amides is 1. The van der Waals surface area contributed by atoms with Gasteiger partial charge in [0.2, 0.25) is 6.04 Å². The van der Waals surface area contributed by atoms with E-state index in [2.05, 4.69) is 9.97 Å². The topological polar surface area (TPSA) is 95.2 Å². The number of esters is 1. The first kappa shape index (κ1) is 26.7. The Balaban J connectivity index is 0.00000304. The summed E-state index contributed by atoms with van der Waals surface area (Å²) in [4.78, 5) is 35.1. The van der Waals surface area contributed by atoms with Crippen molar-refractivity contribution >= 4 is 11.9 Å². The number of carbonyl (C=O) groups is 2. The molecule has 1 saturated carbocycles. The smallest absolute Gasteiger partial charge is 0.317 e. The van der Waals surface area contributed by atoms with Crippen LogP contribution < -0.4 is 22.7 Å². The minimum atomic E-state index is -0.830. The molecule has 2 atom stereocenters. The van der Waals surface area contributed by atoms with Gasteiger partial charge in [-0.25, -0.2) is 4.39 Å². The molecular formula is C27H34BrFN4O3. The number of halogens is 2. The molecular weight excluding hydrogens is 527 g/mol. The fourth-order valence-corrected chi connectivity index (χ4v) is 6.79. The number of benzene rings is 1. The fraction of sp³-hybridized carbons (Fsp3) is 0.556. The van der Waals surface area contributed by atoms with Gasteiger partial charge in [-0.15, -0.1) is 0 Å². The number of carbonyl (C=O) groups excluding carboxylic acids is 2. The third-order valence-electron chi connectivity index (χ3n) is 8.62. The standard InChI is InChI=1S/C27H33FN4O3.BrH/c28-21-7-5-6-20(16-21)27(10-3-1-2-4-11-27)26(34)35-23-18-32(14-8-19(23)9-15-32)24(25(29)33)22-17-30-12-13-31-22;/h5-7,12-13,16-17,19,23-24H,1-4,8-11,14-15,18H2,(H-,29,33);1H/t19?,23-,24?,32?;/m0./s1. The second-order valence-corrected chi connectivity index (χ2v) is 10.6. The minimum Gasteiger partial charge on any atom is -1.00 e. The molecule has 9 heteroatoms. The molecule has 1 unspecified atom stereocenters. The highest BCUT2D eigenvalue weighted by atomic mass is 79.9. The van der Waals surface area contributed by atoms with E-state index in [1.807, 2.05) is 6.07 Å². The number of nitrogens with zero attached hydrogens (tertiary/aromatic N) is 3. The summed E-state index contributed by atoms with van der Waals surface area (Å²) in [6.45, 7) is 2.11. The van der Waals surface area contributed by atoms with Gasteiger partial charge in [-0.2, -0.15) is 0 Å². The van der Waals surface area contributed by atoms with E-state index in [-0.39, 0.29) is 40.8 Å². The zero-order chi connectivity index (χ0) is 24.5. The van der Waals surface area contributed by atoms with Crippen LogP contribution in [-0.4, -0.2) is 52.1 Å². The van der Waals surface area contributed by atoms with E-state index in [9.17, 15) is 14.0 Å². The second kappa shape index (κ2) is 10.9. The summed E-state index contributed by atoms with van der Waals surface area (Å²) < 4.78 is 21.0. The monoisotopic (exact) mass is 560 g/mol. The van der Waals surface area contributed by atoms with Gasteiger partial charge < -0.3 is 31.9 Å². The molecule has 4 heterocycles. The average molecular weight is 561 g/mol. The molecule has 7 nitrogen and oxygen atoms in total. The van der Waals surface area contributed by atoms with E-state index in [1.165, 1.54) is 12.1 Å². The fourth-order valence-electron chi connectivity index (χ4n) is 6.79. The van der Waals surface area contributed by atoms with Gasteiger partial charge in [-0.3, -0.25) is 19.6 Å². The van der Waals surface area contributed by atoms with Crippen LogP contribution in [0, 0.1) is 11.7 Å². The van der Waals surface area contributed by atoms with Crippen molar-refractivity contribution in [3.8, 4) is 0 Å². The van der Waals surface area contributed by atoms with Crippen LogP contribution in [0.5, 0.6) is 0 Å². The highest BCUT2D eigenvalue weighted by molar-refractivity contribution is 5.83. The molecule has 4 fully saturated rings. The molecule has 194 valence electrons. The van der Waals surface area contributed by atoms with Crippen molar-refractivity contribution in [3.05, 3.63) is 59.9 Å². The number of rotatable bonds is 6. The van der Waals surface area contributed by atoms with Crippen LogP contribution in [0.1, 0.15) is 68.7 Å². The van der Waals surface area contributed by atoms with E-state index in [4.69, 9.17) is 10.5 Å². The lowest BCUT2D eigenvalue weighted by Crippen LogP contribution is -3.00. The molecule has 3 saturated heterocycles. The third kappa shape index (κ3) is 4.92. The molecule has 0 spiro atoms. The second-order valence-electron chi connectivity index (χ2n) is 10.6. The zero-order valence-corrected chi connectivity index (χ0v) is 22.0. The molecule has 1 aromatic heterocycles. The van der Waals surface area contributed by atoms with Crippen molar-refractivity contribution in [2.45, 2.75) is 68.9 Å². The summed E-state index contributed by atoms with van der Waals surface area (Å²) in [7, 11) is 0. The normalized spacial score (nSPS) is 27.8. The molecule has 6 rings (SSSR count). The van der Waals surface area contributed by atoms with E-state index >= 15 is 0 Å². The first-order valence-electron chi connectivity index (χ1n) is 12.8. The number of piperidine rings is 3. The molecule has 3 aliphatic heterocycles. The molecule has 2 aromatic rings. The molecule has 2 bridgehead atoms. The Bertz CT molecular complexity index is 1070. The van der Waals surface area contributed by atoms with Gasteiger partial charge in [0.25, 0.3) is 5.91 Å². The van der Waals surface area contributed by atoms with Gasteiger partial charge in [0.05, 0.1) is 24.7 Å². The Hall–Kier alpha value is -2.39. The summed E-state index contributed by atoms with van der Waals surface area (Å²) >= 11 is 0. The van der Waals surface area contributed by atoms with Crippen molar-refractivity contribution in [3.63, 3.8) is 0 Å². The summed E-state index contributed by atoms with van der Waals surface area (Å²) in [5.41, 5.74) is 6.35. The van der Waals surface area contributed by atoms with Gasteiger partial charge >= 0.3 is 5.97 Å². The van der Waals surface area contributed by atoms with Crippen LogP contribution in [0.15, 0.2) is 42.9 Å². The summed E-state index contributed by atoms with van der Waals surface area (Å²) in [6, 6.07) is 5.82. The molecule has 1 amide bonds. The highest BCUT2D eigenvalue weighted by Gasteiger charge is 2.55. The van der Waals surface area contributed by atoms with Gasteiger partial charge in [-0.1, -0.05) is 37.8 Å². The number of hydrogen-bond acceptors (Lipinski definition) is 5. The van der Waals surface area contributed by atoms with E-state index < -0.39 is 17.4 Å². The molecule has 1 aliphatic carbocycles. The van der Waals surface area contributed by atoms with Crippen LogP contribution in [-0.2, 0) is 19.7 Å². The largest absolute Gasteiger partial charge is 1.00 e. The Kier molecular flexibility index (Phi) is 8.09. The van der Waals surface area contributed by atoms with Gasteiger partial charge in [0.15, 0.2) is 6.10 Å².